The second-order valence-electron chi connectivity index (χ2n) is 8.33. The van der Waals surface area contributed by atoms with E-state index in [9.17, 15) is 0 Å². The summed E-state index contributed by atoms with van der Waals surface area (Å²) in [5.74, 6) is 0.967. The molecule has 1 aliphatic rings. The van der Waals surface area contributed by atoms with Gasteiger partial charge >= 0.3 is 0 Å². The minimum Gasteiger partial charge on any atom is -0.494 e. The molecule has 1 saturated carbocycles. The van der Waals surface area contributed by atoms with E-state index in [0.717, 1.165) is 25.3 Å². The molecule has 2 aromatic rings. The molecule has 3 nitrogen and oxygen atoms in total. The van der Waals surface area contributed by atoms with Crippen LogP contribution in [0.1, 0.15) is 43.7 Å². The Bertz CT molecular complexity index is 703. The van der Waals surface area contributed by atoms with Gasteiger partial charge in [-0.1, -0.05) is 42.5 Å². The first-order chi connectivity index (χ1) is 13.5. The van der Waals surface area contributed by atoms with Crippen molar-refractivity contribution in [3.05, 3.63) is 65.7 Å². The standard InChI is InChI=1S/C25H36N2O/c1-5-28-24-13-11-22(12-14-24)25(26(2)3)18-15-23(16-19-25)27(4)20-17-21-9-7-6-8-10-21/h6-14,23H,5,15-20H2,1-4H3. The van der Waals surface area contributed by atoms with E-state index in [1.807, 2.05) is 6.92 Å². The summed E-state index contributed by atoms with van der Waals surface area (Å²) in [5, 5.41) is 0. The number of likely N-dealkylation sites (N-methyl/N-ethyl adjacent to an activating group) is 1. The molecule has 28 heavy (non-hydrogen) atoms. The molecule has 0 heterocycles. The zero-order valence-corrected chi connectivity index (χ0v) is 18.0. The predicted molar refractivity (Wildman–Crippen MR) is 118 cm³/mol. The Morgan fingerprint density at radius 2 is 1.57 bits per heavy atom. The highest BCUT2D eigenvalue weighted by molar-refractivity contribution is 5.32. The van der Waals surface area contributed by atoms with Gasteiger partial charge in [0.15, 0.2) is 0 Å². The summed E-state index contributed by atoms with van der Waals surface area (Å²) in [6.45, 7) is 3.88. The van der Waals surface area contributed by atoms with Gasteiger partial charge in [-0.25, -0.2) is 0 Å². The summed E-state index contributed by atoms with van der Waals surface area (Å²) in [5.41, 5.74) is 3.00. The third kappa shape index (κ3) is 4.76. The fourth-order valence-electron chi connectivity index (χ4n) is 4.68. The molecular weight excluding hydrogens is 344 g/mol. The summed E-state index contributed by atoms with van der Waals surface area (Å²) in [7, 11) is 6.76. The molecule has 0 aromatic heterocycles. The Kier molecular flexibility index (Phi) is 7.14. The van der Waals surface area contributed by atoms with Crippen LogP contribution >= 0.6 is 0 Å². The Morgan fingerprint density at radius 3 is 2.14 bits per heavy atom. The summed E-state index contributed by atoms with van der Waals surface area (Å²) < 4.78 is 5.63. The van der Waals surface area contributed by atoms with Gasteiger partial charge in [0.1, 0.15) is 5.75 Å². The molecule has 152 valence electrons. The first kappa shape index (κ1) is 20.9. The summed E-state index contributed by atoms with van der Waals surface area (Å²) >= 11 is 0. The second kappa shape index (κ2) is 9.58. The van der Waals surface area contributed by atoms with Crippen molar-refractivity contribution < 1.29 is 4.74 Å². The normalized spacial score (nSPS) is 22.6. The van der Waals surface area contributed by atoms with E-state index in [2.05, 4.69) is 85.5 Å². The van der Waals surface area contributed by atoms with Crippen molar-refractivity contribution in [3.63, 3.8) is 0 Å². The van der Waals surface area contributed by atoms with E-state index in [4.69, 9.17) is 4.74 Å². The van der Waals surface area contributed by atoms with Gasteiger partial charge in [-0.15, -0.1) is 0 Å². The van der Waals surface area contributed by atoms with Gasteiger partial charge in [0, 0.05) is 18.1 Å². The Balaban J connectivity index is 1.61. The molecule has 0 aliphatic heterocycles. The van der Waals surface area contributed by atoms with Crippen LogP contribution in [0.4, 0.5) is 0 Å². The minimum atomic E-state index is 0.140. The average Bonchev–Trinajstić information content (AvgIpc) is 2.73. The third-order valence-corrected chi connectivity index (χ3v) is 6.56. The molecule has 0 atom stereocenters. The zero-order valence-electron chi connectivity index (χ0n) is 18.0. The molecule has 0 N–H and O–H groups in total. The van der Waals surface area contributed by atoms with Crippen molar-refractivity contribution in [1.29, 1.82) is 0 Å². The van der Waals surface area contributed by atoms with Crippen LogP contribution in [0.25, 0.3) is 0 Å². The van der Waals surface area contributed by atoms with Gasteiger partial charge in [-0.3, -0.25) is 4.90 Å². The Labute approximate surface area is 171 Å². The molecule has 3 rings (SSSR count). The van der Waals surface area contributed by atoms with Crippen LogP contribution in [0.15, 0.2) is 54.6 Å². The zero-order chi connectivity index (χ0) is 20.0. The number of hydrogen-bond donors (Lipinski definition) is 0. The van der Waals surface area contributed by atoms with Gasteiger partial charge in [0.2, 0.25) is 0 Å². The number of benzene rings is 2. The lowest BCUT2D eigenvalue weighted by molar-refractivity contribution is 0.0576. The highest BCUT2D eigenvalue weighted by Gasteiger charge is 2.39. The summed E-state index contributed by atoms with van der Waals surface area (Å²) in [6.07, 6.45) is 6.03. The van der Waals surface area contributed by atoms with Crippen LogP contribution in [0.3, 0.4) is 0 Å². The first-order valence-electron chi connectivity index (χ1n) is 10.7. The molecule has 0 saturated heterocycles. The topological polar surface area (TPSA) is 15.7 Å². The minimum absolute atomic E-state index is 0.140. The van der Waals surface area contributed by atoms with Gasteiger partial charge in [0.25, 0.3) is 0 Å². The number of hydrogen-bond acceptors (Lipinski definition) is 3. The molecule has 0 amide bonds. The molecule has 0 unspecified atom stereocenters. The van der Waals surface area contributed by atoms with Crippen molar-refractivity contribution in [3.8, 4) is 5.75 Å². The molecule has 1 fully saturated rings. The fraction of sp³-hybridized carbons (Fsp3) is 0.520. The third-order valence-electron chi connectivity index (χ3n) is 6.56. The van der Waals surface area contributed by atoms with E-state index in [1.165, 1.54) is 36.8 Å². The lowest BCUT2D eigenvalue weighted by atomic mass is 9.73. The number of ether oxygens (including phenoxy) is 1. The van der Waals surface area contributed by atoms with Crippen molar-refractivity contribution >= 4 is 0 Å². The Hall–Kier alpha value is -1.84. The van der Waals surface area contributed by atoms with E-state index < -0.39 is 0 Å². The molecular formula is C25H36N2O. The largest absolute Gasteiger partial charge is 0.494 e. The molecule has 0 spiro atoms. The smallest absolute Gasteiger partial charge is 0.119 e. The highest BCUT2D eigenvalue weighted by atomic mass is 16.5. The monoisotopic (exact) mass is 380 g/mol. The predicted octanol–water partition coefficient (Wildman–Crippen LogP) is 4.96. The number of nitrogens with zero attached hydrogens (tertiary/aromatic N) is 2. The van der Waals surface area contributed by atoms with Crippen LogP contribution in [-0.4, -0.2) is 50.1 Å². The van der Waals surface area contributed by atoms with Crippen LogP contribution < -0.4 is 4.74 Å². The van der Waals surface area contributed by atoms with Gasteiger partial charge in [-0.2, -0.15) is 0 Å². The first-order valence-corrected chi connectivity index (χ1v) is 10.7. The molecule has 3 heteroatoms. The fourth-order valence-corrected chi connectivity index (χ4v) is 4.68. The van der Waals surface area contributed by atoms with E-state index in [-0.39, 0.29) is 5.54 Å². The Morgan fingerprint density at radius 1 is 0.929 bits per heavy atom. The van der Waals surface area contributed by atoms with E-state index >= 15 is 0 Å². The summed E-state index contributed by atoms with van der Waals surface area (Å²) in [6, 6.07) is 20.3. The quantitative estimate of drug-likeness (QED) is 0.644. The highest BCUT2D eigenvalue weighted by Crippen LogP contribution is 2.42. The lowest BCUT2D eigenvalue weighted by Crippen LogP contribution is -2.48. The summed E-state index contributed by atoms with van der Waals surface area (Å²) in [4.78, 5) is 5.01. The van der Waals surface area contributed by atoms with Gasteiger partial charge in [-0.05, 0) is 83.4 Å². The maximum Gasteiger partial charge on any atom is 0.119 e. The van der Waals surface area contributed by atoms with Crippen molar-refractivity contribution in [2.24, 2.45) is 0 Å². The van der Waals surface area contributed by atoms with Gasteiger partial charge in [0.05, 0.1) is 6.61 Å². The molecule has 0 bridgehead atoms. The number of rotatable bonds is 8. The van der Waals surface area contributed by atoms with Crippen molar-refractivity contribution in [1.82, 2.24) is 9.80 Å². The maximum absolute atomic E-state index is 5.63. The lowest BCUT2D eigenvalue weighted by Gasteiger charge is -2.47. The molecule has 0 radical (unpaired) electrons. The van der Waals surface area contributed by atoms with Crippen molar-refractivity contribution in [2.75, 3.05) is 34.3 Å². The van der Waals surface area contributed by atoms with E-state index in [0.29, 0.717) is 6.04 Å². The van der Waals surface area contributed by atoms with Crippen LogP contribution in [-0.2, 0) is 12.0 Å². The van der Waals surface area contributed by atoms with Gasteiger partial charge < -0.3 is 9.64 Å². The molecule has 1 aliphatic carbocycles. The average molecular weight is 381 g/mol. The van der Waals surface area contributed by atoms with Crippen LogP contribution in [0, 0.1) is 0 Å². The van der Waals surface area contributed by atoms with E-state index in [1.54, 1.807) is 0 Å². The SMILES string of the molecule is CCOc1ccc(C2(N(C)C)CCC(N(C)CCc3ccccc3)CC2)cc1. The maximum atomic E-state index is 5.63. The van der Waals surface area contributed by atoms with Crippen molar-refractivity contribution in [2.45, 2.75) is 50.6 Å². The van der Waals surface area contributed by atoms with Crippen LogP contribution in [0.5, 0.6) is 5.75 Å². The van der Waals surface area contributed by atoms with Crippen LogP contribution in [0.2, 0.25) is 0 Å². The molecule has 2 aromatic carbocycles. The second-order valence-corrected chi connectivity index (χ2v) is 8.33.